The van der Waals surface area contributed by atoms with Crippen LogP contribution in [0.25, 0.3) is 0 Å². The molecule has 2 rings (SSSR count). The zero-order chi connectivity index (χ0) is 10.7. The highest BCUT2D eigenvalue weighted by atomic mass is 14.9. The highest BCUT2D eigenvalue weighted by molar-refractivity contribution is 4.96. The fourth-order valence-corrected chi connectivity index (χ4v) is 2.98. The first kappa shape index (κ1) is 11.4. The lowest BCUT2D eigenvalue weighted by Crippen LogP contribution is -2.22. The summed E-state index contributed by atoms with van der Waals surface area (Å²) in [4.78, 5) is 0. The third-order valence-corrected chi connectivity index (χ3v) is 4.56. The van der Waals surface area contributed by atoms with Gasteiger partial charge in [0.25, 0.3) is 0 Å². The van der Waals surface area contributed by atoms with Crippen LogP contribution in [0.5, 0.6) is 0 Å². The largest absolute Gasteiger partial charge is 0.316 e. The van der Waals surface area contributed by atoms with Crippen LogP contribution >= 0.6 is 0 Å². The molecule has 0 radical (unpaired) electrons. The van der Waals surface area contributed by atoms with Gasteiger partial charge in [-0.05, 0) is 43.2 Å². The van der Waals surface area contributed by atoms with Crippen molar-refractivity contribution in [3.8, 4) is 0 Å². The molecule has 15 heavy (non-hydrogen) atoms. The first-order valence-electron chi connectivity index (χ1n) is 6.89. The first-order chi connectivity index (χ1) is 7.18. The van der Waals surface area contributed by atoms with Gasteiger partial charge in [0.15, 0.2) is 0 Å². The molecule has 88 valence electrons. The average molecular weight is 209 g/mol. The third kappa shape index (κ3) is 3.48. The van der Waals surface area contributed by atoms with Crippen LogP contribution in [0.2, 0.25) is 0 Å². The predicted octanol–water partition coefficient (Wildman–Crippen LogP) is 3.59. The van der Waals surface area contributed by atoms with Crippen molar-refractivity contribution in [2.24, 2.45) is 17.3 Å². The second-order valence-electron chi connectivity index (χ2n) is 6.39. The van der Waals surface area contributed by atoms with Crippen molar-refractivity contribution < 1.29 is 0 Å². The molecule has 0 aromatic rings. The van der Waals surface area contributed by atoms with Crippen molar-refractivity contribution in [3.05, 3.63) is 0 Å². The van der Waals surface area contributed by atoms with Gasteiger partial charge < -0.3 is 5.32 Å². The lowest BCUT2D eigenvalue weighted by Gasteiger charge is -2.21. The molecule has 0 heterocycles. The van der Waals surface area contributed by atoms with E-state index < -0.39 is 0 Å². The lowest BCUT2D eigenvalue weighted by molar-refractivity contribution is 0.332. The van der Waals surface area contributed by atoms with E-state index in [-0.39, 0.29) is 0 Å². The zero-order valence-corrected chi connectivity index (χ0v) is 10.5. The van der Waals surface area contributed by atoms with E-state index >= 15 is 0 Å². The number of rotatable bonds is 5. The molecule has 1 unspecified atom stereocenters. The van der Waals surface area contributed by atoms with Gasteiger partial charge in [0.1, 0.15) is 0 Å². The Bertz CT molecular complexity index is 192. The fraction of sp³-hybridized carbons (Fsp3) is 1.00. The summed E-state index contributed by atoms with van der Waals surface area (Å²) in [5.74, 6) is 2.00. The summed E-state index contributed by atoms with van der Waals surface area (Å²) in [5.41, 5.74) is 0.651. The first-order valence-corrected chi connectivity index (χ1v) is 6.89. The topological polar surface area (TPSA) is 12.0 Å². The van der Waals surface area contributed by atoms with Crippen LogP contribution in [0.15, 0.2) is 0 Å². The zero-order valence-electron chi connectivity index (χ0n) is 10.5. The Morgan fingerprint density at radius 1 is 1.13 bits per heavy atom. The second-order valence-corrected chi connectivity index (χ2v) is 6.39. The molecule has 0 aromatic carbocycles. The van der Waals surface area contributed by atoms with Crippen molar-refractivity contribution in [2.45, 2.75) is 58.8 Å². The molecule has 0 amide bonds. The average Bonchev–Trinajstić information content (AvgIpc) is 2.83. The summed E-state index contributed by atoms with van der Waals surface area (Å²) in [6, 6.07) is 0. The molecule has 2 aliphatic rings. The number of hydrogen-bond acceptors (Lipinski definition) is 1. The van der Waals surface area contributed by atoms with Gasteiger partial charge in [-0.15, -0.1) is 0 Å². The minimum absolute atomic E-state index is 0.651. The van der Waals surface area contributed by atoms with E-state index in [1.807, 2.05) is 0 Å². The minimum Gasteiger partial charge on any atom is -0.316 e. The SMILES string of the molecule is CC1(C)CC1CNCCC1CCCCC1. The van der Waals surface area contributed by atoms with Gasteiger partial charge in [-0.25, -0.2) is 0 Å². The summed E-state index contributed by atoms with van der Waals surface area (Å²) in [6.07, 6.45) is 10.3. The molecule has 1 atom stereocenters. The summed E-state index contributed by atoms with van der Waals surface area (Å²) in [6.45, 7) is 7.30. The molecule has 2 fully saturated rings. The Kier molecular flexibility index (Phi) is 3.71. The van der Waals surface area contributed by atoms with E-state index in [0.717, 1.165) is 11.8 Å². The van der Waals surface area contributed by atoms with Crippen LogP contribution in [0.1, 0.15) is 58.8 Å². The molecule has 0 saturated heterocycles. The normalized spacial score (nSPS) is 30.4. The van der Waals surface area contributed by atoms with Gasteiger partial charge in [0.2, 0.25) is 0 Å². The quantitative estimate of drug-likeness (QED) is 0.682. The van der Waals surface area contributed by atoms with Crippen LogP contribution in [0, 0.1) is 17.3 Å². The Hall–Kier alpha value is -0.0400. The molecule has 0 aromatic heterocycles. The van der Waals surface area contributed by atoms with Crippen molar-refractivity contribution in [1.29, 1.82) is 0 Å². The van der Waals surface area contributed by atoms with Crippen LogP contribution in [-0.4, -0.2) is 13.1 Å². The summed E-state index contributed by atoms with van der Waals surface area (Å²) >= 11 is 0. The standard InChI is InChI=1S/C14H27N/c1-14(2)10-13(14)11-15-9-8-12-6-4-3-5-7-12/h12-13,15H,3-11H2,1-2H3. The highest BCUT2D eigenvalue weighted by Gasteiger charge is 2.44. The van der Waals surface area contributed by atoms with E-state index in [1.54, 1.807) is 0 Å². The maximum absolute atomic E-state index is 3.65. The number of nitrogens with one attached hydrogen (secondary N) is 1. The summed E-state index contributed by atoms with van der Waals surface area (Å²) in [5, 5.41) is 3.65. The molecule has 0 bridgehead atoms. The van der Waals surface area contributed by atoms with E-state index in [4.69, 9.17) is 0 Å². The van der Waals surface area contributed by atoms with Gasteiger partial charge in [0, 0.05) is 0 Å². The molecule has 0 spiro atoms. The van der Waals surface area contributed by atoms with Crippen molar-refractivity contribution in [3.63, 3.8) is 0 Å². The van der Waals surface area contributed by atoms with E-state index in [9.17, 15) is 0 Å². The molecule has 1 heteroatoms. The highest BCUT2D eigenvalue weighted by Crippen LogP contribution is 2.50. The van der Waals surface area contributed by atoms with E-state index in [0.29, 0.717) is 5.41 Å². The molecule has 1 nitrogen and oxygen atoms in total. The van der Waals surface area contributed by atoms with E-state index in [1.165, 1.54) is 58.0 Å². The Labute approximate surface area is 95.0 Å². The van der Waals surface area contributed by atoms with Crippen LogP contribution in [0.3, 0.4) is 0 Å². The lowest BCUT2D eigenvalue weighted by atomic mass is 9.87. The Morgan fingerprint density at radius 2 is 1.80 bits per heavy atom. The molecular formula is C14H27N. The predicted molar refractivity (Wildman–Crippen MR) is 65.9 cm³/mol. The minimum atomic E-state index is 0.651. The van der Waals surface area contributed by atoms with Crippen molar-refractivity contribution in [1.82, 2.24) is 5.32 Å². The molecular weight excluding hydrogens is 182 g/mol. The smallest absolute Gasteiger partial charge is 0.00152 e. The van der Waals surface area contributed by atoms with Gasteiger partial charge in [-0.2, -0.15) is 0 Å². The van der Waals surface area contributed by atoms with Crippen LogP contribution < -0.4 is 5.32 Å². The summed E-state index contributed by atoms with van der Waals surface area (Å²) in [7, 11) is 0. The Morgan fingerprint density at radius 3 is 2.40 bits per heavy atom. The maximum Gasteiger partial charge on any atom is -0.00152 e. The molecule has 2 aliphatic carbocycles. The van der Waals surface area contributed by atoms with E-state index in [2.05, 4.69) is 19.2 Å². The number of hydrogen-bond donors (Lipinski definition) is 1. The monoisotopic (exact) mass is 209 g/mol. The Balaban J connectivity index is 1.48. The maximum atomic E-state index is 3.65. The van der Waals surface area contributed by atoms with Gasteiger partial charge in [0.05, 0.1) is 0 Å². The fourth-order valence-electron chi connectivity index (χ4n) is 2.98. The van der Waals surface area contributed by atoms with Crippen LogP contribution in [0.4, 0.5) is 0 Å². The molecule has 0 aliphatic heterocycles. The van der Waals surface area contributed by atoms with Crippen molar-refractivity contribution >= 4 is 0 Å². The van der Waals surface area contributed by atoms with Gasteiger partial charge in [-0.3, -0.25) is 0 Å². The third-order valence-electron chi connectivity index (χ3n) is 4.56. The molecule has 2 saturated carbocycles. The molecule has 1 N–H and O–H groups in total. The van der Waals surface area contributed by atoms with Crippen molar-refractivity contribution in [2.75, 3.05) is 13.1 Å². The van der Waals surface area contributed by atoms with Crippen LogP contribution in [-0.2, 0) is 0 Å². The van der Waals surface area contributed by atoms with Gasteiger partial charge >= 0.3 is 0 Å². The summed E-state index contributed by atoms with van der Waals surface area (Å²) < 4.78 is 0. The second kappa shape index (κ2) is 4.86. The van der Waals surface area contributed by atoms with Gasteiger partial charge in [-0.1, -0.05) is 46.0 Å².